The van der Waals surface area contributed by atoms with Crippen LogP contribution in [0.5, 0.6) is 0 Å². The molecule has 0 aliphatic carbocycles. The zero-order valence-corrected chi connectivity index (χ0v) is 7.64. The van der Waals surface area contributed by atoms with Gasteiger partial charge in [-0.3, -0.25) is 0 Å². The topological polar surface area (TPSA) is 21.6 Å². The highest BCUT2D eigenvalue weighted by molar-refractivity contribution is 9.10. The molecule has 12 heavy (non-hydrogen) atoms. The predicted molar refractivity (Wildman–Crippen MR) is 45.3 cm³/mol. The van der Waals surface area contributed by atoms with Gasteiger partial charge < -0.3 is 4.74 Å². The molecule has 1 aromatic rings. The fourth-order valence-electron chi connectivity index (χ4n) is 1.05. The molecule has 0 saturated carbocycles. The van der Waals surface area contributed by atoms with E-state index in [9.17, 15) is 4.39 Å². The van der Waals surface area contributed by atoms with E-state index in [1.165, 1.54) is 12.3 Å². The predicted octanol–water partition coefficient (Wildman–Crippen LogP) is 0.934. The number of hydrogen-bond donors (Lipinski definition) is 0. The van der Waals surface area contributed by atoms with Gasteiger partial charge in [0.05, 0.1) is 11.5 Å². The fourth-order valence-corrected chi connectivity index (χ4v) is 1.47. The zero-order chi connectivity index (χ0) is 8.55. The van der Waals surface area contributed by atoms with Gasteiger partial charge in [-0.25, -0.2) is 9.38 Å². The summed E-state index contributed by atoms with van der Waals surface area (Å²) in [4.78, 5) is 3.89. The highest BCUT2D eigenvalue weighted by Crippen LogP contribution is 2.02. The van der Waals surface area contributed by atoms with E-state index in [4.69, 9.17) is 4.74 Å². The van der Waals surface area contributed by atoms with Gasteiger partial charge in [0, 0.05) is 4.47 Å². The van der Waals surface area contributed by atoms with Crippen LogP contribution in [0.1, 0.15) is 0 Å². The van der Waals surface area contributed by atoms with Gasteiger partial charge in [0.2, 0.25) is 0 Å². The molecule has 0 unspecified atom stereocenters. The maximum absolute atomic E-state index is 13.1. The highest BCUT2D eigenvalue weighted by atomic mass is 79.9. The molecule has 0 fully saturated rings. The van der Waals surface area contributed by atoms with Crippen molar-refractivity contribution in [2.75, 3.05) is 6.73 Å². The molecule has 1 heterocycles. The molecular weight excluding hydrogens is 225 g/mol. The quantitative estimate of drug-likeness (QED) is 0.649. The van der Waals surface area contributed by atoms with Crippen molar-refractivity contribution >= 4 is 22.2 Å². The molecule has 2 rings (SSSR count). The minimum absolute atomic E-state index is 0.195. The Labute approximate surface area is 76.5 Å². The third kappa shape index (κ3) is 1.12. The van der Waals surface area contributed by atoms with E-state index in [1.807, 2.05) is 0 Å². The standard InChI is InChI=1S/C8H5BrFNO/c9-6-1-2-7(10)8-5(6)3-12-4-11-8/h1-3H,4H2. The largest absolute Gasteiger partial charge is 0.478 e. The molecule has 1 aliphatic rings. The van der Waals surface area contributed by atoms with Gasteiger partial charge in [0.25, 0.3) is 0 Å². The highest BCUT2D eigenvalue weighted by Gasteiger charge is 2.03. The number of rotatable bonds is 0. The molecule has 0 radical (unpaired) electrons. The summed E-state index contributed by atoms with van der Waals surface area (Å²) in [6, 6.07) is 3.01. The van der Waals surface area contributed by atoms with Gasteiger partial charge in [0.15, 0.2) is 6.73 Å². The van der Waals surface area contributed by atoms with Crippen LogP contribution in [0.2, 0.25) is 0 Å². The van der Waals surface area contributed by atoms with Crippen molar-refractivity contribution in [3.05, 3.63) is 33.0 Å². The van der Waals surface area contributed by atoms with E-state index < -0.39 is 0 Å². The summed E-state index contributed by atoms with van der Waals surface area (Å²) >= 11 is 3.28. The van der Waals surface area contributed by atoms with Crippen molar-refractivity contribution < 1.29 is 9.13 Å². The zero-order valence-electron chi connectivity index (χ0n) is 6.05. The summed E-state index contributed by atoms with van der Waals surface area (Å²) in [6.45, 7) is 0.195. The Bertz CT molecular complexity index is 388. The first kappa shape index (κ1) is 7.73. The first-order valence-electron chi connectivity index (χ1n) is 3.39. The number of hydrogen-bond acceptors (Lipinski definition) is 2. The summed E-state index contributed by atoms with van der Waals surface area (Å²) in [6.07, 6.45) is 1.51. The minimum Gasteiger partial charge on any atom is -0.478 e. The maximum Gasteiger partial charge on any atom is 0.179 e. The Morgan fingerprint density at radius 1 is 1.50 bits per heavy atom. The molecule has 62 valence electrons. The number of fused-ring (bicyclic) bond motifs is 1. The summed E-state index contributed by atoms with van der Waals surface area (Å²) in [7, 11) is 0. The van der Waals surface area contributed by atoms with Crippen molar-refractivity contribution in [1.29, 1.82) is 0 Å². The number of nitrogens with zero attached hydrogens (tertiary/aromatic N) is 1. The molecule has 0 bridgehead atoms. The summed E-state index contributed by atoms with van der Waals surface area (Å²) in [5.41, 5.74) is 0. The monoisotopic (exact) mass is 229 g/mol. The van der Waals surface area contributed by atoms with Crippen LogP contribution in [0.3, 0.4) is 0 Å². The van der Waals surface area contributed by atoms with Crippen LogP contribution >= 0.6 is 15.9 Å². The van der Waals surface area contributed by atoms with E-state index >= 15 is 0 Å². The number of ether oxygens (including phenoxy) is 1. The molecule has 4 heteroatoms. The third-order valence-electron chi connectivity index (χ3n) is 1.61. The van der Waals surface area contributed by atoms with E-state index in [0.717, 1.165) is 4.47 Å². The SMILES string of the molecule is Fc1ccc(Br)c2c1=NCOC=2. The van der Waals surface area contributed by atoms with Crippen molar-refractivity contribution in [3.63, 3.8) is 0 Å². The van der Waals surface area contributed by atoms with Crippen LogP contribution in [-0.2, 0) is 4.74 Å². The maximum atomic E-state index is 13.1. The van der Waals surface area contributed by atoms with Gasteiger partial charge >= 0.3 is 0 Å². The fraction of sp³-hybridized carbons (Fsp3) is 0.125. The van der Waals surface area contributed by atoms with E-state index in [2.05, 4.69) is 20.9 Å². The second-order valence-corrected chi connectivity index (χ2v) is 3.22. The Hall–Kier alpha value is -0.900. The third-order valence-corrected chi connectivity index (χ3v) is 2.30. The van der Waals surface area contributed by atoms with Crippen LogP contribution in [0.25, 0.3) is 6.26 Å². The molecule has 0 spiro atoms. The van der Waals surface area contributed by atoms with Crippen LogP contribution < -0.4 is 10.6 Å². The van der Waals surface area contributed by atoms with Crippen LogP contribution in [0, 0.1) is 5.82 Å². The molecule has 0 N–H and O–H groups in total. The van der Waals surface area contributed by atoms with Crippen LogP contribution in [-0.4, -0.2) is 6.73 Å². The second-order valence-electron chi connectivity index (χ2n) is 2.36. The first-order valence-corrected chi connectivity index (χ1v) is 4.18. The van der Waals surface area contributed by atoms with E-state index in [-0.39, 0.29) is 12.5 Å². The van der Waals surface area contributed by atoms with Crippen LogP contribution in [0.4, 0.5) is 4.39 Å². The molecule has 0 saturated heterocycles. The summed E-state index contributed by atoms with van der Waals surface area (Å²) in [5, 5.41) is 1.04. The number of halogens is 2. The molecule has 2 nitrogen and oxygen atoms in total. The van der Waals surface area contributed by atoms with Gasteiger partial charge in [-0.15, -0.1) is 0 Å². The summed E-state index contributed by atoms with van der Waals surface area (Å²) in [5.74, 6) is -0.312. The van der Waals surface area contributed by atoms with E-state index in [0.29, 0.717) is 10.6 Å². The smallest absolute Gasteiger partial charge is 0.179 e. The lowest BCUT2D eigenvalue weighted by atomic mass is 10.3. The van der Waals surface area contributed by atoms with Crippen LogP contribution in [0.15, 0.2) is 21.6 Å². The van der Waals surface area contributed by atoms with Crippen molar-refractivity contribution in [2.45, 2.75) is 0 Å². The van der Waals surface area contributed by atoms with Gasteiger partial charge in [0.1, 0.15) is 11.2 Å². The molecule has 0 atom stereocenters. The average Bonchev–Trinajstić information content (AvgIpc) is 2.12. The lowest BCUT2D eigenvalue weighted by molar-refractivity contribution is 0.294. The minimum atomic E-state index is -0.312. The van der Waals surface area contributed by atoms with Gasteiger partial charge in [-0.2, -0.15) is 0 Å². The first-order chi connectivity index (χ1) is 5.79. The van der Waals surface area contributed by atoms with Crippen molar-refractivity contribution in [2.24, 2.45) is 4.99 Å². The molecule has 1 aromatic carbocycles. The second kappa shape index (κ2) is 2.86. The summed E-state index contributed by atoms with van der Waals surface area (Å²) < 4.78 is 18.8. The van der Waals surface area contributed by atoms with E-state index in [1.54, 1.807) is 6.07 Å². The van der Waals surface area contributed by atoms with Crippen molar-refractivity contribution in [3.8, 4) is 0 Å². The average molecular weight is 230 g/mol. The Balaban J connectivity index is 2.92. The molecule has 1 aliphatic heterocycles. The lowest BCUT2D eigenvalue weighted by Gasteiger charge is -2.03. The van der Waals surface area contributed by atoms with Gasteiger partial charge in [-0.05, 0) is 28.1 Å². The van der Waals surface area contributed by atoms with Crippen molar-refractivity contribution in [1.82, 2.24) is 0 Å². The Morgan fingerprint density at radius 3 is 3.08 bits per heavy atom. The normalized spacial score (nSPS) is 13.8. The molecule has 0 amide bonds. The molecular formula is C8H5BrFNO. The Morgan fingerprint density at radius 2 is 2.33 bits per heavy atom. The van der Waals surface area contributed by atoms with Gasteiger partial charge in [-0.1, -0.05) is 0 Å². The lowest BCUT2D eigenvalue weighted by Crippen LogP contribution is -2.32. The molecule has 0 aromatic heterocycles. The number of benzene rings is 1. The Kier molecular flexibility index (Phi) is 1.84.